The summed E-state index contributed by atoms with van der Waals surface area (Å²) in [4.78, 5) is 63.3. The minimum Gasteiger partial charge on any atom is -0.459 e. The molecule has 0 aliphatic heterocycles. The first-order valence-electron chi connectivity index (χ1n) is 14.6. The number of alkyl halides is 2. The molecule has 0 saturated heterocycles. The largest absolute Gasteiger partial charge is 0.465 e. The fourth-order valence-electron chi connectivity index (χ4n) is 8.64. The summed E-state index contributed by atoms with van der Waals surface area (Å²) in [6.45, 7) is 6.52. The molecule has 42 heavy (non-hydrogen) atoms. The van der Waals surface area contributed by atoms with E-state index in [2.05, 4.69) is 11.7 Å². The van der Waals surface area contributed by atoms with Gasteiger partial charge >= 0.3 is 27.3 Å². The molecule has 0 aromatic carbocycles. The molecule has 0 aromatic heterocycles. The Hall–Kier alpha value is -2.28. The van der Waals surface area contributed by atoms with Crippen LogP contribution in [0, 0.1) is 46.3 Å². The lowest BCUT2D eigenvalue weighted by Gasteiger charge is -2.58. The molecule has 0 spiro atoms. The van der Waals surface area contributed by atoms with Crippen molar-refractivity contribution in [1.82, 2.24) is 0 Å². The molecule has 4 rings (SSSR count). The van der Waals surface area contributed by atoms with Crippen LogP contribution in [0.25, 0.3) is 0 Å². The molecule has 4 aliphatic rings. The zero-order chi connectivity index (χ0) is 31.4. The van der Waals surface area contributed by atoms with E-state index < -0.39 is 45.4 Å². The Morgan fingerprint density at radius 2 is 1.74 bits per heavy atom. The van der Waals surface area contributed by atoms with E-state index in [-0.39, 0.29) is 64.7 Å². The number of hydrogen-bond acceptors (Lipinski definition) is 9. The standard InChI is InChI=1S/C29H40F2O10S/c1-15(5-8-24(35)41-16(2)14-40-26(36)29(30,31)42(37,38)39)19-6-7-20-25-21(13-23(34)28(19,20)4)27(3)10-9-18(32)11-17(27)12-22(25)33/h15-17,19-21,25H,5-14H2,1-4H3,(H,37,38,39)/t15-,16?,17?,19-,20?,21?,25?,27+,28-/m1/s1. The highest BCUT2D eigenvalue weighted by Gasteiger charge is 2.66. The number of rotatable bonds is 9. The average molecular weight is 619 g/mol. The molecule has 4 fully saturated rings. The molecular formula is C29H40F2O10S. The Morgan fingerprint density at radius 1 is 1.07 bits per heavy atom. The van der Waals surface area contributed by atoms with E-state index in [0.717, 1.165) is 12.8 Å². The maximum atomic E-state index is 13.9. The number of carbonyl (C=O) groups excluding carboxylic acids is 5. The van der Waals surface area contributed by atoms with Crippen molar-refractivity contribution < 1.29 is 55.2 Å². The number of esters is 2. The highest BCUT2D eigenvalue weighted by molar-refractivity contribution is 7.87. The summed E-state index contributed by atoms with van der Waals surface area (Å²) in [5, 5.41) is -5.14. The van der Waals surface area contributed by atoms with Crippen LogP contribution in [0.4, 0.5) is 8.78 Å². The summed E-state index contributed by atoms with van der Waals surface area (Å²) >= 11 is 0. The van der Waals surface area contributed by atoms with Crippen molar-refractivity contribution in [3.05, 3.63) is 0 Å². The monoisotopic (exact) mass is 618 g/mol. The lowest BCUT2D eigenvalue weighted by molar-refractivity contribution is -0.169. The van der Waals surface area contributed by atoms with Crippen molar-refractivity contribution >= 4 is 39.4 Å². The van der Waals surface area contributed by atoms with E-state index in [1.54, 1.807) is 0 Å². The van der Waals surface area contributed by atoms with Crippen LogP contribution in [0.3, 0.4) is 0 Å². The summed E-state index contributed by atoms with van der Waals surface area (Å²) in [7, 11) is -6.01. The molecule has 0 radical (unpaired) electrons. The summed E-state index contributed by atoms with van der Waals surface area (Å²) in [5.74, 6) is -3.12. The maximum absolute atomic E-state index is 13.9. The zero-order valence-corrected chi connectivity index (χ0v) is 25.2. The number of ketones is 3. The first kappa shape index (κ1) is 32.6. The number of fused-ring (bicyclic) bond motifs is 5. The Morgan fingerprint density at radius 3 is 2.38 bits per heavy atom. The number of Topliss-reactive ketones (excluding diaryl/α,β-unsaturated/α-hetero) is 3. The average Bonchev–Trinajstić information content (AvgIpc) is 3.25. The molecule has 0 amide bonds. The minimum atomic E-state index is -6.01. The van der Waals surface area contributed by atoms with Gasteiger partial charge in [-0.3, -0.25) is 23.7 Å². The van der Waals surface area contributed by atoms with Crippen molar-refractivity contribution in [2.75, 3.05) is 6.61 Å². The van der Waals surface area contributed by atoms with Crippen LogP contribution in [0.5, 0.6) is 0 Å². The van der Waals surface area contributed by atoms with E-state index >= 15 is 0 Å². The second-order valence-corrected chi connectivity index (χ2v) is 14.8. The first-order chi connectivity index (χ1) is 19.3. The highest BCUT2D eigenvalue weighted by Crippen LogP contribution is 2.66. The number of halogens is 2. The van der Waals surface area contributed by atoms with Crippen LogP contribution in [-0.2, 0) is 43.6 Å². The molecule has 0 bridgehead atoms. The van der Waals surface area contributed by atoms with Crippen LogP contribution in [0.2, 0.25) is 0 Å². The van der Waals surface area contributed by atoms with Gasteiger partial charge < -0.3 is 9.47 Å². The van der Waals surface area contributed by atoms with Gasteiger partial charge in [0.25, 0.3) is 0 Å². The Balaban J connectivity index is 1.35. The van der Waals surface area contributed by atoms with Crippen LogP contribution in [0.15, 0.2) is 0 Å². The lowest BCUT2D eigenvalue weighted by atomic mass is 9.44. The predicted molar refractivity (Wildman–Crippen MR) is 142 cm³/mol. The van der Waals surface area contributed by atoms with E-state index in [0.29, 0.717) is 38.5 Å². The van der Waals surface area contributed by atoms with Gasteiger partial charge in [0.05, 0.1) is 0 Å². The van der Waals surface area contributed by atoms with Gasteiger partial charge in [0.1, 0.15) is 30.1 Å². The summed E-state index contributed by atoms with van der Waals surface area (Å²) < 4.78 is 65.7. The summed E-state index contributed by atoms with van der Waals surface area (Å²) in [6, 6.07) is 0. The van der Waals surface area contributed by atoms with E-state index in [4.69, 9.17) is 9.29 Å². The Kier molecular flexibility index (Phi) is 8.81. The smallest absolute Gasteiger partial charge is 0.459 e. The van der Waals surface area contributed by atoms with Crippen LogP contribution >= 0.6 is 0 Å². The van der Waals surface area contributed by atoms with Crippen molar-refractivity contribution in [1.29, 1.82) is 0 Å². The molecular weight excluding hydrogens is 578 g/mol. The number of ether oxygens (including phenoxy) is 2. The number of hydrogen-bond donors (Lipinski definition) is 1. The quantitative estimate of drug-likeness (QED) is 0.296. The molecule has 5 unspecified atom stereocenters. The molecule has 236 valence electrons. The van der Waals surface area contributed by atoms with E-state index in [1.165, 1.54) is 6.92 Å². The fourth-order valence-corrected chi connectivity index (χ4v) is 8.91. The van der Waals surface area contributed by atoms with Crippen molar-refractivity contribution in [2.45, 2.75) is 96.8 Å². The van der Waals surface area contributed by atoms with Gasteiger partial charge in [0.15, 0.2) is 0 Å². The van der Waals surface area contributed by atoms with Gasteiger partial charge in [-0.2, -0.15) is 17.2 Å². The maximum Gasteiger partial charge on any atom is 0.465 e. The second-order valence-electron chi connectivity index (χ2n) is 13.4. The summed E-state index contributed by atoms with van der Waals surface area (Å²) in [5.41, 5.74) is -0.905. The van der Waals surface area contributed by atoms with Gasteiger partial charge in [-0.15, -0.1) is 0 Å². The first-order valence-corrected chi connectivity index (χ1v) is 16.1. The fraction of sp³-hybridized carbons (Fsp3) is 0.828. The van der Waals surface area contributed by atoms with Gasteiger partial charge in [-0.25, -0.2) is 4.79 Å². The van der Waals surface area contributed by atoms with Crippen molar-refractivity contribution in [3.63, 3.8) is 0 Å². The zero-order valence-electron chi connectivity index (χ0n) is 24.4. The van der Waals surface area contributed by atoms with Crippen molar-refractivity contribution in [3.8, 4) is 0 Å². The van der Waals surface area contributed by atoms with Crippen LogP contribution < -0.4 is 0 Å². The highest BCUT2D eigenvalue weighted by atomic mass is 32.2. The molecule has 9 atom stereocenters. The summed E-state index contributed by atoms with van der Waals surface area (Å²) in [6.07, 6.45) is 2.98. The van der Waals surface area contributed by atoms with Gasteiger partial charge in [-0.05, 0) is 67.6 Å². The third-order valence-electron chi connectivity index (χ3n) is 11.1. The van der Waals surface area contributed by atoms with Gasteiger partial charge in [-0.1, -0.05) is 20.8 Å². The molecule has 0 aromatic rings. The number of carbonyl (C=O) groups is 5. The molecule has 1 N–H and O–H groups in total. The van der Waals surface area contributed by atoms with Gasteiger partial charge in [0, 0.05) is 43.4 Å². The molecule has 10 nitrogen and oxygen atoms in total. The topological polar surface area (TPSA) is 158 Å². The molecule has 4 aliphatic carbocycles. The van der Waals surface area contributed by atoms with Crippen LogP contribution in [-0.4, -0.2) is 60.2 Å². The van der Waals surface area contributed by atoms with E-state index in [1.807, 2.05) is 13.8 Å². The van der Waals surface area contributed by atoms with E-state index in [9.17, 15) is 41.2 Å². The third-order valence-corrected chi connectivity index (χ3v) is 11.9. The lowest BCUT2D eigenvalue weighted by Crippen LogP contribution is -2.60. The predicted octanol–water partition coefficient (Wildman–Crippen LogP) is 3.94. The molecule has 4 saturated carbocycles. The minimum absolute atomic E-state index is 0.00286. The Labute approximate surface area is 244 Å². The SMILES string of the molecule is CC(COC(=O)C(F)(F)S(=O)(=O)O)OC(=O)CC[C@@H](C)[C@H]1CCC2C3C(=O)CC4CC(=O)CC[C@]4(C)C3CC(=O)[C@@]21C. The Bertz CT molecular complexity index is 1260. The normalized spacial score (nSPS) is 36.4. The van der Waals surface area contributed by atoms with Crippen LogP contribution in [0.1, 0.15) is 85.5 Å². The molecule has 0 heterocycles. The second kappa shape index (κ2) is 11.3. The van der Waals surface area contributed by atoms with Gasteiger partial charge in [0.2, 0.25) is 0 Å². The third kappa shape index (κ3) is 5.55. The molecule has 13 heteroatoms. The van der Waals surface area contributed by atoms with Crippen molar-refractivity contribution in [2.24, 2.45) is 46.3 Å².